The number of amides is 1. The summed E-state index contributed by atoms with van der Waals surface area (Å²) in [5, 5.41) is 2.73. The number of carbonyl (C=O) groups is 1. The predicted molar refractivity (Wildman–Crippen MR) is 109 cm³/mol. The van der Waals surface area contributed by atoms with Crippen molar-refractivity contribution in [1.82, 2.24) is 0 Å². The summed E-state index contributed by atoms with van der Waals surface area (Å²) < 4.78 is 46.0. The highest BCUT2D eigenvalue weighted by atomic mass is 32.2. The first-order valence-electron chi connectivity index (χ1n) is 8.63. The lowest BCUT2D eigenvalue weighted by atomic mass is 10.1. The Morgan fingerprint density at radius 1 is 1.00 bits per heavy atom. The first-order valence-corrected chi connectivity index (χ1v) is 10.1. The zero-order chi connectivity index (χ0) is 21.0. The fourth-order valence-electron chi connectivity index (χ4n) is 2.68. The van der Waals surface area contributed by atoms with Crippen LogP contribution in [0.3, 0.4) is 0 Å². The van der Waals surface area contributed by atoms with Crippen LogP contribution in [0.4, 0.5) is 15.8 Å². The average Bonchev–Trinajstić information content (AvgIpc) is 2.70. The molecule has 0 spiro atoms. The molecule has 29 heavy (non-hydrogen) atoms. The number of methoxy groups -OCH3 is 1. The van der Waals surface area contributed by atoms with Gasteiger partial charge in [0, 0.05) is 11.3 Å². The van der Waals surface area contributed by atoms with Gasteiger partial charge < -0.3 is 10.1 Å². The summed E-state index contributed by atoms with van der Waals surface area (Å²) in [6, 6.07) is 16.1. The van der Waals surface area contributed by atoms with Crippen molar-refractivity contribution < 1.29 is 22.3 Å². The maximum atomic E-state index is 13.0. The zero-order valence-electron chi connectivity index (χ0n) is 15.8. The van der Waals surface area contributed by atoms with Crippen molar-refractivity contribution in [3.8, 4) is 5.75 Å². The number of para-hydroxylation sites is 2. The van der Waals surface area contributed by atoms with E-state index in [1.54, 1.807) is 37.3 Å². The number of sulfonamides is 1. The van der Waals surface area contributed by atoms with Gasteiger partial charge >= 0.3 is 0 Å². The van der Waals surface area contributed by atoms with Gasteiger partial charge in [-0.05, 0) is 61.0 Å². The number of ether oxygens (including phenoxy) is 1. The Kier molecular flexibility index (Phi) is 5.84. The first kappa shape index (κ1) is 20.3. The molecule has 0 saturated carbocycles. The quantitative estimate of drug-likeness (QED) is 0.633. The number of anilines is 2. The summed E-state index contributed by atoms with van der Waals surface area (Å²) in [6.45, 7) is 1.71. The van der Waals surface area contributed by atoms with E-state index in [4.69, 9.17) is 4.74 Å². The molecular weight excluding hydrogens is 395 g/mol. The Morgan fingerprint density at radius 2 is 1.69 bits per heavy atom. The average molecular weight is 414 g/mol. The van der Waals surface area contributed by atoms with Gasteiger partial charge in [0.25, 0.3) is 15.9 Å². The van der Waals surface area contributed by atoms with Gasteiger partial charge in [-0.15, -0.1) is 0 Å². The van der Waals surface area contributed by atoms with E-state index in [-0.39, 0.29) is 16.1 Å². The van der Waals surface area contributed by atoms with E-state index in [9.17, 15) is 17.6 Å². The van der Waals surface area contributed by atoms with Crippen LogP contribution in [-0.2, 0) is 10.0 Å². The van der Waals surface area contributed by atoms with Gasteiger partial charge in [-0.1, -0.05) is 18.2 Å². The second kappa shape index (κ2) is 8.32. The molecule has 3 rings (SSSR count). The van der Waals surface area contributed by atoms with E-state index in [1.807, 2.05) is 0 Å². The molecule has 0 aliphatic carbocycles. The number of halogens is 1. The van der Waals surface area contributed by atoms with Gasteiger partial charge in [-0.2, -0.15) is 0 Å². The van der Waals surface area contributed by atoms with Crippen LogP contribution in [0.1, 0.15) is 15.9 Å². The molecule has 0 saturated heterocycles. The van der Waals surface area contributed by atoms with Crippen LogP contribution in [0.25, 0.3) is 0 Å². The minimum Gasteiger partial charge on any atom is -0.495 e. The van der Waals surface area contributed by atoms with Crippen molar-refractivity contribution in [2.75, 3.05) is 17.1 Å². The molecule has 0 unspecified atom stereocenters. The standard InChI is InChI=1S/C21H19FN2O4S/c1-14-7-12-17(29(26,27)24-16-10-8-15(22)9-11-16)13-18(14)21(25)23-19-5-3-4-6-20(19)28-2/h3-13,24H,1-2H3,(H,23,25). The number of hydrogen-bond donors (Lipinski definition) is 2. The molecule has 0 fully saturated rings. The molecule has 3 aromatic carbocycles. The third-order valence-electron chi connectivity index (χ3n) is 4.22. The molecule has 0 atom stereocenters. The van der Waals surface area contributed by atoms with Gasteiger partial charge in [-0.25, -0.2) is 12.8 Å². The van der Waals surface area contributed by atoms with E-state index in [1.165, 1.54) is 31.4 Å². The van der Waals surface area contributed by atoms with Crippen LogP contribution in [0, 0.1) is 12.7 Å². The number of carbonyl (C=O) groups excluding carboxylic acids is 1. The van der Waals surface area contributed by atoms with Crippen molar-refractivity contribution in [3.63, 3.8) is 0 Å². The Labute approximate surface area is 168 Å². The zero-order valence-corrected chi connectivity index (χ0v) is 16.6. The summed E-state index contributed by atoms with van der Waals surface area (Å²) in [4.78, 5) is 12.7. The largest absolute Gasteiger partial charge is 0.495 e. The van der Waals surface area contributed by atoms with Crippen LogP contribution in [0.2, 0.25) is 0 Å². The van der Waals surface area contributed by atoms with Crippen molar-refractivity contribution in [1.29, 1.82) is 0 Å². The minimum absolute atomic E-state index is 0.0856. The number of aryl methyl sites for hydroxylation is 1. The molecule has 150 valence electrons. The SMILES string of the molecule is COc1ccccc1NC(=O)c1cc(S(=O)(=O)Nc2ccc(F)cc2)ccc1C. The van der Waals surface area contributed by atoms with E-state index in [0.717, 1.165) is 12.1 Å². The highest BCUT2D eigenvalue weighted by Crippen LogP contribution is 2.25. The molecule has 0 aromatic heterocycles. The van der Waals surface area contributed by atoms with Crippen LogP contribution in [0.15, 0.2) is 71.6 Å². The van der Waals surface area contributed by atoms with Gasteiger partial charge in [0.1, 0.15) is 11.6 Å². The normalized spacial score (nSPS) is 11.0. The fourth-order valence-corrected chi connectivity index (χ4v) is 3.77. The molecule has 0 heterocycles. The lowest BCUT2D eigenvalue weighted by molar-refractivity contribution is 0.102. The van der Waals surface area contributed by atoms with Crippen LogP contribution in [-0.4, -0.2) is 21.4 Å². The summed E-state index contributed by atoms with van der Waals surface area (Å²) in [5.41, 5.74) is 1.50. The Morgan fingerprint density at radius 3 is 2.38 bits per heavy atom. The Balaban J connectivity index is 1.89. The van der Waals surface area contributed by atoms with Crippen LogP contribution in [0.5, 0.6) is 5.75 Å². The number of benzene rings is 3. The highest BCUT2D eigenvalue weighted by molar-refractivity contribution is 7.92. The molecule has 8 heteroatoms. The molecule has 0 aliphatic heterocycles. The van der Waals surface area contributed by atoms with E-state index < -0.39 is 21.7 Å². The second-order valence-corrected chi connectivity index (χ2v) is 7.93. The maximum absolute atomic E-state index is 13.0. The monoisotopic (exact) mass is 414 g/mol. The molecule has 0 bridgehead atoms. The van der Waals surface area contributed by atoms with Gasteiger partial charge in [-0.3, -0.25) is 9.52 Å². The smallest absolute Gasteiger partial charge is 0.261 e. The van der Waals surface area contributed by atoms with Gasteiger partial charge in [0.15, 0.2) is 0 Å². The van der Waals surface area contributed by atoms with E-state index >= 15 is 0 Å². The second-order valence-electron chi connectivity index (χ2n) is 6.24. The fraction of sp³-hybridized carbons (Fsp3) is 0.0952. The number of hydrogen-bond acceptors (Lipinski definition) is 4. The molecule has 6 nitrogen and oxygen atoms in total. The Bertz CT molecular complexity index is 1150. The van der Waals surface area contributed by atoms with Crippen LogP contribution >= 0.6 is 0 Å². The van der Waals surface area contributed by atoms with Crippen LogP contribution < -0.4 is 14.8 Å². The summed E-state index contributed by atoms with van der Waals surface area (Å²) in [6.07, 6.45) is 0. The third kappa shape index (κ3) is 4.72. The number of nitrogens with one attached hydrogen (secondary N) is 2. The van der Waals surface area contributed by atoms with E-state index in [0.29, 0.717) is 17.0 Å². The van der Waals surface area contributed by atoms with Crippen molar-refractivity contribution in [2.24, 2.45) is 0 Å². The third-order valence-corrected chi connectivity index (χ3v) is 5.59. The van der Waals surface area contributed by atoms with Crippen molar-refractivity contribution >= 4 is 27.3 Å². The maximum Gasteiger partial charge on any atom is 0.261 e. The van der Waals surface area contributed by atoms with Crippen molar-refractivity contribution in [2.45, 2.75) is 11.8 Å². The molecule has 3 aromatic rings. The molecular formula is C21H19FN2O4S. The highest BCUT2D eigenvalue weighted by Gasteiger charge is 2.19. The molecule has 1 amide bonds. The molecule has 0 aliphatic rings. The summed E-state index contributed by atoms with van der Waals surface area (Å²) >= 11 is 0. The summed E-state index contributed by atoms with van der Waals surface area (Å²) in [7, 11) is -2.47. The number of rotatable bonds is 6. The van der Waals surface area contributed by atoms with Gasteiger partial charge in [0.05, 0.1) is 17.7 Å². The first-order chi connectivity index (χ1) is 13.8. The Hall–Kier alpha value is -3.39. The lowest BCUT2D eigenvalue weighted by Crippen LogP contribution is -2.17. The topological polar surface area (TPSA) is 84.5 Å². The van der Waals surface area contributed by atoms with Crippen molar-refractivity contribution in [3.05, 3.63) is 83.7 Å². The predicted octanol–water partition coefficient (Wildman–Crippen LogP) is 4.20. The minimum atomic E-state index is -3.96. The molecule has 2 N–H and O–H groups in total. The van der Waals surface area contributed by atoms with Gasteiger partial charge in [0.2, 0.25) is 0 Å². The summed E-state index contributed by atoms with van der Waals surface area (Å²) in [5.74, 6) is -0.454. The molecule has 0 radical (unpaired) electrons. The van der Waals surface area contributed by atoms with E-state index in [2.05, 4.69) is 10.0 Å². The lowest BCUT2D eigenvalue weighted by Gasteiger charge is -2.13.